The van der Waals surface area contributed by atoms with Gasteiger partial charge in [-0.1, -0.05) is 19.1 Å². The van der Waals surface area contributed by atoms with Crippen LogP contribution in [0.2, 0.25) is 0 Å². The lowest BCUT2D eigenvalue weighted by Gasteiger charge is -2.21. The van der Waals surface area contributed by atoms with Gasteiger partial charge in [0.2, 0.25) is 5.91 Å². The molecule has 0 spiro atoms. The first-order valence-corrected chi connectivity index (χ1v) is 6.42. The smallest absolute Gasteiger partial charge is 0.387 e. The van der Waals surface area contributed by atoms with Gasteiger partial charge in [0.05, 0.1) is 0 Å². The number of alkyl halides is 2. The first kappa shape index (κ1) is 16.4. The lowest BCUT2D eigenvalue weighted by atomic mass is 10.1. The van der Waals surface area contributed by atoms with Crippen molar-refractivity contribution in [2.45, 2.75) is 26.5 Å². The van der Waals surface area contributed by atoms with E-state index in [0.717, 1.165) is 5.56 Å². The van der Waals surface area contributed by atoms with Crippen molar-refractivity contribution in [2.75, 3.05) is 13.6 Å². The van der Waals surface area contributed by atoms with Gasteiger partial charge in [0.15, 0.2) is 0 Å². The summed E-state index contributed by atoms with van der Waals surface area (Å²) in [5, 5.41) is 0. The molecule has 20 heavy (non-hydrogen) atoms. The molecular weight excluding hydrogens is 266 g/mol. The van der Waals surface area contributed by atoms with Crippen LogP contribution in [-0.4, -0.2) is 31.0 Å². The SMILES string of the molecule is CC(CCN)C(=O)N(C)Cc1ccc(OC(F)F)cc1. The quantitative estimate of drug-likeness (QED) is 0.836. The lowest BCUT2D eigenvalue weighted by molar-refractivity contribution is -0.134. The number of carbonyl (C=O) groups excluding carboxylic acids is 1. The molecule has 0 aliphatic rings. The Morgan fingerprint density at radius 1 is 1.35 bits per heavy atom. The number of halogens is 2. The zero-order chi connectivity index (χ0) is 15.1. The third kappa shape index (κ3) is 5.13. The number of benzene rings is 1. The van der Waals surface area contributed by atoms with Crippen molar-refractivity contribution in [1.82, 2.24) is 4.90 Å². The standard InChI is InChI=1S/C14H20F2N2O2/c1-10(7-8-17)13(19)18(2)9-11-3-5-12(6-4-11)20-14(15)16/h3-6,10,14H,7-9,17H2,1-2H3. The molecule has 1 aromatic carbocycles. The molecule has 1 rings (SSSR count). The van der Waals surface area contributed by atoms with E-state index in [0.29, 0.717) is 19.5 Å². The molecule has 0 heterocycles. The Kier molecular flexibility index (Phi) is 6.38. The van der Waals surface area contributed by atoms with Crippen LogP contribution in [-0.2, 0) is 11.3 Å². The maximum Gasteiger partial charge on any atom is 0.387 e. The van der Waals surface area contributed by atoms with E-state index in [9.17, 15) is 13.6 Å². The maximum absolute atomic E-state index is 12.0. The Hall–Kier alpha value is -1.69. The maximum atomic E-state index is 12.0. The van der Waals surface area contributed by atoms with Crippen LogP contribution in [0.1, 0.15) is 18.9 Å². The fraction of sp³-hybridized carbons (Fsp3) is 0.500. The number of nitrogens with two attached hydrogens (primary N) is 1. The first-order chi connectivity index (χ1) is 9.43. The minimum absolute atomic E-state index is 0.0170. The van der Waals surface area contributed by atoms with Crippen LogP contribution >= 0.6 is 0 Å². The summed E-state index contributed by atoms with van der Waals surface area (Å²) in [6.45, 7) is -0.101. The lowest BCUT2D eigenvalue weighted by Crippen LogP contribution is -2.32. The van der Waals surface area contributed by atoms with Gasteiger partial charge < -0.3 is 15.4 Å². The Bertz CT molecular complexity index is 424. The molecule has 0 fully saturated rings. The van der Waals surface area contributed by atoms with Crippen molar-refractivity contribution in [3.8, 4) is 5.75 Å². The summed E-state index contributed by atoms with van der Waals surface area (Å²) in [5.74, 6) is 0.00373. The highest BCUT2D eigenvalue weighted by Crippen LogP contribution is 2.16. The van der Waals surface area contributed by atoms with E-state index in [-0.39, 0.29) is 17.6 Å². The van der Waals surface area contributed by atoms with E-state index in [1.54, 1.807) is 24.1 Å². The summed E-state index contributed by atoms with van der Waals surface area (Å²) < 4.78 is 28.3. The van der Waals surface area contributed by atoms with E-state index in [1.807, 2.05) is 6.92 Å². The van der Waals surface area contributed by atoms with E-state index < -0.39 is 6.61 Å². The zero-order valence-corrected chi connectivity index (χ0v) is 11.7. The molecule has 1 amide bonds. The molecule has 0 bridgehead atoms. The van der Waals surface area contributed by atoms with Crippen molar-refractivity contribution >= 4 is 5.91 Å². The highest BCUT2D eigenvalue weighted by Gasteiger charge is 2.16. The van der Waals surface area contributed by atoms with Crippen molar-refractivity contribution in [2.24, 2.45) is 11.7 Å². The molecule has 112 valence electrons. The van der Waals surface area contributed by atoms with E-state index in [4.69, 9.17) is 5.73 Å². The van der Waals surface area contributed by atoms with Gasteiger partial charge in [-0.15, -0.1) is 0 Å². The summed E-state index contributed by atoms with van der Waals surface area (Å²) in [5.41, 5.74) is 6.28. The predicted molar refractivity (Wildman–Crippen MR) is 72.4 cm³/mol. The van der Waals surface area contributed by atoms with Crippen LogP contribution in [0.5, 0.6) is 5.75 Å². The number of hydrogen-bond acceptors (Lipinski definition) is 3. The molecule has 0 saturated carbocycles. The Morgan fingerprint density at radius 2 is 1.95 bits per heavy atom. The van der Waals surface area contributed by atoms with Crippen molar-refractivity contribution in [3.63, 3.8) is 0 Å². The molecule has 4 nitrogen and oxygen atoms in total. The molecule has 0 aliphatic carbocycles. The zero-order valence-electron chi connectivity index (χ0n) is 11.7. The van der Waals surface area contributed by atoms with Crippen LogP contribution in [0.4, 0.5) is 8.78 Å². The van der Waals surface area contributed by atoms with Gasteiger partial charge in [-0.05, 0) is 30.7 Å². The van der Waals surface area contributed by atoms with Gasteiger partial charge in [-0.2, -0.15) is 8.78 Å². The van der Waals surface area contributed by atoms with Crippen LogP contribution in [0.25, 0.3) is 0 Å². The molecule has 1 unspecified atom stereocenters. The largest absolute Gasteiger partial charge is 0.435 e. The minimum atomic E-state index is -2.83. The van der Waals surface area contributed by atoms with Gasteiger partial charge >= 0.3 is 6.61 Å². The molecular formula is C14H20F2N2O2. The number of ether oxygens (including phenoxy) is 1. The predicted octanol–water partition coefficient (Wildman–Crippen LogP) is 2.23. The van der Waals surface area contributed by atoms with Crippen molar-refractivity contribution < 1.29 is 18.3 Å². The van der Waals surface area contributed by atoms with E-state index >= 15 is 0 Å². The van der Waals surface area contributed by atoms with Crippen LogP contribution in [0.3, 0.4) is 0 Å². The normalized spacial score (nSPS) is 12.3. The summed E-state index contributed by atoms with van der Waals surface area (Å²) in [6, 6.07) is 6.25. The molecule has 6 heteroatoms. The molecule has 2 N–H and O–H groups in total. The van der Waals surface area contributed by atoms with Gasteiger partial charge in [0.1, 0.15) is 5.75 Å². The number of amides is 1. The number of carbonyl (C=O) groups is 1. The molecule has 0 aromatic heterocycles. The summed E-state index contributed by atoms with van der Waals surface area (Å²) >= 11 is 0. The Balaban J connectivity index is 2.57. The van der Waals surface area contributed by atoms with Crippen LogP contribution in [0, 0.1) is 5.92 Å². The fourth-order valence-electron chi connectivity index (χ4n) is 1.88. The van der Waals surface area contributed by atoms with E-state index in [2.05, 4.69) is 4.74 Å². The topological polar surface area (TPSA) is 55.6 Å². The van der Waals surface area contributed by atoms with Gasteiger partial charge in [0.25, 0.3) is 0 Å². The summed E-state index contributed by atoms with van der Waals surface area (Å²) in [4.78, 5) is 13.6. The van der Waals surface area contributed by atoms with Crippen LogP contribution < -0.4 is 10.5 Å². The average Bonchev–Trinajstić information content (AvgIpc) is 2.39. The van der Waals surface area contributed by atoms with Gasteiger partial charge in [-0.25, -0.2) is 0 Å². The van der Waals surface area contributed by atoms with Gasteiger partial charge in [0, 0.05) is 19.5 Å². The second kappa shape index (κ2) is 7.79. The Morgan fingerprint density at radius 3 is 2.45 bits per heavy atom. The Labute approximate surface area is 117 Å². The minimum Gasteiger partial charge on any atom is -0.435 e. The highest BCUT2D eigenvalue weighted by molar-refractivity contribution is 5.78. The molecule has 1 aromatic rings. The van der Waals surface area contributed by atoms with Crippen LogP contribution in [0.15, 0.2) is 24.3 Å². The van der Waals surface area contributed by atoms with Gasteiger partial charge in [-0.3, -0.25) is 4.79 Å². The fourth-order valence-corrected chi connectivity index (χ4v) is 1.88. The molecule has 0 aliphatic heterocycles. The average molecular weight is 286 g/mol. The first-order valence-electron chi connectivity index (χ1n) is 6.42. The highest BCUT2D eigenvalue weighted by atomic mass is 19.3. The molecule has 0 radical (unpaired) electrons. The second-order valence-corrected chi connectivity index (χ2v) is 4.70. The monoisotopic (exact) mass is 286 g/mol. The molecule has 1 atom stereocenters. The molecule has 0 saturated heterocycles. The third-order valence-electron chi connectivity index (χ3n) is 2.97. The van der Waals surface area contributed by atoms with E-state index in [1.165, 1.54) is 12.1 Å². The summed E-state index contributed by atoms with van der Waals surface area (Å²) in [7, 11) is 1.71. The number of rotatable bonds is 7. The number of nitrogens with zero attached hydrogens (tertiary/aromatic N) is 1. The second-order valence-electron chi connectivity index (χ2n) is 4.70. The summed E-state index contributed by atoms with van der Waals surface area (Å²) in [6.07, 6.45) is 0.643. The van der Waals surface area contributed by atoms with Crippen molar-refractivity contribution in [1.29, 1.82) is 0 Å². The number of hydrogen-bond donors (Lipinski definition) is 1. The third-order valence-corrected chi connectivity index (χ3v) is 2.97. The van der Waals surface area contributed by atoms with Crippen molar-refractivity contribution in [3.05, 3.63) is 29.8 Å².